The number of rotatable bonds is 6. The van der Waals surface area contributed by atoms with Gasteiger partial charge in [-0.3, -0.25) is 0 Å². The van der Waals surface area contributed by atoms with Crippen molar-refractivity contribution >= 4 is 11.9 Å². The zero-order chi connectivity index (χ0) is 22.5. The van der Waals surface area contributed by atoms with Crippen molar-refractivity contribution in [1.82, 2.24) is 0 Å². The third-order valence-electron chi connectivity index (χ3n) is 4.68. The number of carbonyl (C=O) groups excluding carboxylic acids is 2. The number of hydrogen-bond acceptors (Lipinski definition) is 10. The van der Waals surface area contributed by atoms with Gasteiger partial charge in [-0.2, -0.15) is 0 Å². The molecule has 1 saturated heterocycles. The Morgan fingerprint density at radius 1 is 0.871 bits per heavy atom. The highest BCUT2D eigenvalue weighted by Crippen LogP contribution is 2.29. The van der Waals surface area contributed by atoms with Crippen molar-refractivity contribution in [2.45, 2.75) is 30.7 Å². The molecule has 0 saturated carbocycles. The minimum atomic E-state index is -1.74. The molecule has 1 aliphatic rings. The molecular weight excluding hydrogens is 412 g/mol. The predicted octanol–water partition coefficient (Wildman–Crippen LogP) is -0.129. The first-order valence-corrected chi connectivity index (χ1v) is 9.32. The normalized spacial score (nSPS) is 25.5. The highest BCUT2D eigenvalue weighted by Gasteiger charge is 2.43. The van der Waals surface area contributed by atoms with E-state index in [0.717, 1.165) is 0 Å². The van der Waals surface area contributed by atoms with Crippen molar-refractivity contribution in [1.29, 1.82) is 0 Å². The van der Waals surface area contributed by atoms with Crippen LogP contribution in [-0.4, -0.2) is 76.8 Å². The molecule has 1 heterocycles. The summed E-state index contributed by atoms with van der Waals surface area (Å²) in [6.07, 6.45) is -7.89. The first kappa shape index (κ1) is 22.7. The van der Waals surface area contributed by atoms with Crippen molar-refractivity contribution in [2.75, 3.05) is 13.7 Å². The van der Waals surface area contributed by atoms with Gasteiger partial charge >= 0.3 is 11.9 Å². The van der Waals surface area contributed by atoms with Crippen LogP contribution in [0.15, 0.2) is 48.5 Å². The van der Waals surface area contributed by atoms with E-state index in [0.29, 0.717) is 5.56 Å². The molecule has 3 rings (SSSR count). The Morgan fingerprint density at radius 2 is 1.58 bits per heavy atom. The quantitative estimate of drug-likeness (QED) is 0.357. The molecule has 5 atom stereocenters. The van der Waals surface area contributed by atoms with Gasteiger partial charge in [0.2, 0.25) is 0 Å². The van der Waals surface area contributed by atoms with Gasteiger partial charge in [0.15, 0.2) is 17.8 Å². The number of carbonyl (C=O) groups is 2. The highest BCUT2D eigenvalue weighted by molar-refractivity contribution is 5.92. The van der Waals surface area contributed by atoms with Crippen LogP contribution < -0.4 is 9.47 Å². The lowest BCUT2D eigenvalue weighted by atomic mass is 9.99. The molecule has 0 aliphatic carbocycles. The summed E-state index contributed by atoms with van der Waals surface area (Å²) < 4.78 is 20.5. The summed E-state index contributed by atoms with van der Waals surface area (Å²) >= 11 is 0. The van der Waals surface area contributed by atoms with E-state index < -0.39 is 49.3 Å². The van der Waals surface area contributed by atoms with Gasteiger partial charge in [-0.25, -0.2) is 9.59 Å². The lowest BCUT2D eigenvalue weighted by Crippen LogP contribution is -2.58. The molecule has 4 N–H and O–H groups in total. The Labute approximate surface area is 177 Å². The maximum atomic E-state index is 12.3. The largest absolute Gasteiger partial charge is 0.493 e. The van der Waals surface area contributed by atoms with E-state index in [-0.39, 0.29) is 17.1 Å². The van der Waals surface area contributed by atoms with Gasteiger partial charge in [0.1, 0.15) is 31.0 Å². The highest BCUT2D eigenvalue weighted by atomic mass is 16.6. The second-order valence-corrected chi connectivity index (χ2v) is 6.76. The third kappa shape index (κ3) is 5.19. The van der Waals surface area contributed by atoms with E-state index in [1.807, 2.05) is 0 Å². The molecule has 31 heavy (non-hydrogen) atoms. The Kier molecular flexibility index (Phi) is 7.21. The molecule has 2 aromatic carbocycles. The van der Waals surface area contributed by atoms with Crippen molar-refractivity contribution in [3.63, 3.8) is 0 Å². The Bertz CT molecular complexity index is 916. The van der Waals surface area contributed by atoms with Crippen LogP contribution >= 0.6 is 0 Å². The number of methoxy groups -OCH3 is 1. The number of hydrogen-bond donors (Lipinski definition) is 4. The summed E-state index contributed by atoms with van der Waals surface area (Å²) in [6.45, 7) is -0.492. The minimum absolute atomic E-state index is 0.0581. The maximum absolute atomic E-state index is 12.3. The molecule has 0 aromatic heterocycles. The molecule has 0 amide bonds. The first-order chi connectivity index (χ1) is 14.8. The summed E-state index contributed by atoms with van der Waals surface area (Å²) in [5.41, 5.74) is 0.399. The summed E-state index contributed by atoms with van der Waals surface area (Å²) in [5, 5.41) is 38.6. The first-order valence-electron chi connectivity index (χ1n) is 9.32. The molecule has 1 aliphatic heterocycles. The molecular formula is C21H22O10. The van der Waals surface area contributed by atoms with Gasteiger partial charge < -0.3 is 39.4 Å². The number of aliphatic hydroxyl groups excluding tert-OH is 4. The van der Waals surface area contributed by atoms with Crippen LogP contribution in [0.5, 0.6) is 11.5 Å². The fourth-order valence-electron chi connectivity index (χ4n) is 2.92. The summed E-state index contributed by atoms with van der Waals surface area (Å²) in [6, 6.07) is 12.4. The van der Waals surface area contributed by atoms with E-state index in [1.165, 1.54) is 25.3 Å². The monoisotopic (exact) mass is 434 g/mol. The van der Waals surface area contributed by atoms with Gasteiger partial charge in [0, 0.05) is 0 Å². The van der Waals surface area contributed by atoms with E-state index >= 15 is 0 Å². The second kappa shape index (κ2) is 9.86. The van der Waals surface area contributed by atoms with Crippen LogP contribution in [0, 0.1) is 0 Å². The lowest BCUT2D eigenvalue weighted by molar-refractivity contribution is -0.286. The van der Waals surface area contributed by atoms with E-state index in [4.69, 9.17) is 18.9 Å². The molecule has 0 bridgehead atoms. The standard InChI is InChI=1S/C21H22O10/c1-28-14-9-12(7-8-13(14)30-20(26)11-5-3-2-4-6-11)19(25)29-10-15-16(22)17(23)18(24)21(27)31-15/h2-9,15-18,21-24,27H,10H2,1H3/t15-,16+,17+,18-,21?/m1/s1. The van der Waals surface area contributed by atoms with Crippen LogP contribution in [0.3, 0.4) is 0 Å². The average molecular weight is 434 g/mol. The zero-order valence-electron chi connectivity index (χ0n) is 16.5. The molecule has 10 nitrogen and oxygen atoms in total. The number of esters is 2. The van der Waals surface area contributed by atoms with Crippen LogP contribution in [0.2, 0.25) is 0 Å². The van der Waals surface area contributed by atoms with Crippen molar-refractivity contribution in [3.8, 4) is 11.5 Å². The smallest absolute Gasteiger partial charge is 0.343 e. The van der Waals surface area contributed by atoms with E-state index in [1.54, 1.807) is 30.3 Å². The average Bonchev–Trinajstić information content (AvgIpc) is 2.79. The molecule has 2 aromatic rings. The summed E-state index contributed by atoms with van der Waals surface area (Å²) in [5.74, 6) is -1.21. The van der Waals surface area contributed by atoms with Gasteiger partial charge in [0.05, 0.1) is 18.2 Å². The fraction of sp³-hybridized carbons (Fsp3) is 0.333. The SMILES string of the molecule is COc1cc(C(=O)OC[C@H]2OC(O)[C@H](O)[C@@H](O)[C@H]2O)ccc1OC(=O)c1ccccc1. The minimum Gasteiger partial charge on any atom is -0.493 e. The molecule has 10 heteroatoms. The fourth-order valence-corrected chi connectivity index (χ4v) is 2.92. The molecule has 0 spiro atoms. The third-order valence-corrected chi connectivity index (χ3v) is 4.68. The molecule has 0 radical (unpaired) electrons. The Morgan fingerprint density at radius 3 is 2.26 bits per heavy atom. The van der Waals surface area contributed by atoms with Crippen LogP contribution in [-0.2, 0) is 9.47 Å². The number of aliphatic hydroxyl groups is 4. The number of benzene rings is 2. The summed E-state index contributed by atoms with van der Waals surface area (Å²) in [4.78, 5) is 24.6. The van der Waals surface area contributed by atoms with Gasteiger partial charge in [-0.05, 0) is 30.3 Å². The number of ether oxygens (including phenoxy) is 4. The second-order valence-electron chi connectivity index (χ2n) is 6.76. The van der Waals surface area contributed by atoms with Gasteiger partial charge in [-0.15, -0.1) is 0 Å². The molecule has 166 valence electrons. The molecule has 1 unspecified atom stereocenters. The summed E-state index contributed by atoms with van der Waals surface area (Å²) in [7, 11) is 1.34. The Hall–Kier alpha value is -3.02. The topological polar surface area (TPSA) is 152 Å². The van der Waals surface area contributed by atoms with Crippen molar-refractivity contribution in [2.24, 2.45) is 0 Å². The zero-order valence-corrected chi connectivity index (χ0v) is 16.5. The van der Waals surface area contributed by atoms with E-state index in [9.17, 15) is 30.0 Å². The van der Waals surface area contributed by atoms with Gasteiger partial charge in [-0.1, -0.05) is 18.2 Å². The van der Waals surface area contributed by atoms with E-state index in [2.05, 4.69) is 0 Å². The van der Waals surface area contributed by atoms with Gasteiger partial charge in [0.25, 0.3) is 0 Å². The van der Waals surface area contributed by atoms with Crippen LogP contribution in [0.4, 0.5) is 0 Å². The van der Waals surface area contributed by atoms with Crippen molar-refractivity contribution < 1.29 is 49.0 Å². The van der Waals surface area contributed by atoms with Crippen LogP contribution in [0.25, 0.3) is 0 Å². The molecule has 1 fully saturated rings. The maximum Gasteiger partial charge on any atom is 0.343 e. The Balaban J connectivity index is 1.65. The predicted molar refractivity (Wildman–Crippen MR) is 104 cm³/mol. The van der Waals surface area contributed by atoms with Crippen LogP contribution in [0.1, 0.15) is 20.7 Å². The van der Waals surface area contributed by atoms with Crippen molar-refractivity contribution in [3.05, 3.63) is 59.7 Å². The lowest BCUT2D eigenvalue weighted by Gasteiger charge is -2.37.